The van der Waals surface area contributed by atoms with Gasteiger partial charge in [-0.2, -0.15) is 10.1 Å². The Hall–Kier alpha value is -5.45. The number of methoxy groups -OCH3 is 1. The Morgan fingerprint density at radius 2 is 1.78 bits per heavy atom. The smallest absolute Gasteiger partial charge is 0.339 e. The lowest BCUT2D eigenvalue weighted by molar-refractivity contribution is -0.118. The van der Waals surface area contributed by atoms with Gasteiger partial charge in [0.25, 0.3) is 11.8 Å². The fraction of sp³-hybridized carbons (Fsp3) is 0.167. The molecule has 0 aromatic heterocycles. The van der Waals surface area contributed by atoms with E-state index in [0.717, 1.165) is 5.01 Å². The zero-order valence-electron chi connectivity index (χ0n) is 22.5. The number of carboxylic acids is 1. The highest BCUT2D eigenvalue weighted by molar-refractivity contribution is 6.32. The number of aromatic carboxylic acids is 1. The number of esters is 1. The van der Waals surface area contributed by atoms with Crippen LogP contribution in [0.3, 0.4) is 0 Å². The molecule has 0 bridgehead atoms. The normalized spacial score (nSPS) is 13.5. The molecule has 11 heteroatoms. The molecule has 11 nitrogen and oxygen atoms in total. The van der Waals surface area contributed by atoms with Gasteiger partial charge >= 0.3 is 11.9 Å². The predicted molar refractivity (Wildman–Crippen MR) is 151 cm³/mol. The number of carbonyl (C=O) groups excluding carboxylic acids is 3. The van der Waals surface area contributed by atoms with E-state index in [0.29, 0.717) is 46.3 Å². The zero-order chi connectivity index (χ0) is 29.5. The van der Waals surface area contributed by atoms with Gasteiger partial charge in [0.2, 0.25) is 0 Å². The molecule has 0 saturated heterocycles. The number of carboxylic acid groups (broad SMARTS) is 1. The van der Waals surface area contributed by atoms with Crippen LogP contribution in [0.15, 0.2) is 77.4 Å². The molecule has 0 saturated carbocycles. The highest BCUT2D eigenvalue weighted by atomic mass is 16.5. The van der Waals surface area contributed by atoms with Gasteiger partial charge < -0.3 is 24.6 Å². The van der Waals surface area contributed by atoms with Crippen LogP contribution >= 0.6 is 0 Å². The van der Waals surface area contributed by atoms with E-state index in [4.69, 9.17) is 14.2 Å². The van der Waals surface area contributed by atoms with Crippen molar-refractivity contribution in [1.82, 2.24) is 0 Å². The average molecular weight is 558 g/mol. The maximum absolute atomic E-state index is 13.2. The number of anilines is 2. The summed E-state index contributed by atoms with van der Waals surface area (Å²) in [6, 6.07) is 17.4. The third kappa shape index (κ3) is 6.59. The van der Waals surface area contributed by atoms with Crippen LogP contribution in [0.2, 0.25) is 0 Å². The summed E-state index contributed by atoms with van der Waals surface area (Å²) < 4.78 is 16.2. The lowest BCUT2D eigenvalue weighted by atomic mass is 10.1. The molecule has 2 N–H and O–H groups in total. The number of hydrazone groups is 1. The van der Waals surface area contributed by atoms with Gasteiger partial charge in [0.1, 0.15) is 0 Å². The SMILES string of the molecule is CCOc1cc(C=C2C(=O)N(c3cccc(C(=O)O)c3)N=C2C)ccc1OCC(=O)Nc1ccccc1C(=O)OC. The minimum Gasteiger partial charge on any atom is -0.490 e. The number of ether oxygens (including phenoxy) is 3. The van der Waals surface area contributed by atoms with E-state index in [9.17, 15) is 24.3 Å². The van der Waals surface area contributed by atoms with E-state index in [2.05, 4.69) is 10.4 Å². The second-order valence-electron chi connectivity index (χ2n) is 8.73. The fourth-order valence-electron chi connectivity index (χ4n) is 4.01. The quantitative estimate of drug-likeness (QED) is 0.276. The van der Waals surface area contributed by atoms with E-state index >= 15 is 0 Å². The van der Waals surface area contributed by atoms with Gasteiger partial charge in [0.15, 0.2) is 18.1 Å². The van der Waals surface area contributed by atoms with Crippen molar-refractivity contribution in [3.63, 3.8) is 0 Å². The molecule has 210 valence electrons. The van der Waals surface area contributed by atoms with Crippen LogP contribution < -0.4 is 19.8 Å². The number of amides is 2. The van der Waals surface area contributed by atoms with Crippen molar-refractivity contribution in [2.75, 3.05) is 30.6 Å². The molecular weight excluding hydrogens is 530 g/mol. The van der Waals surface area contributed by atoms with Gasteiger partial charge in [-0.3, -0.25) is 9.59 Å². The van der Waals surface area contributed by atoms with Crippen LogP contribution in [0.5, 0.6) is 11.5 Å². The van der Waals surface area contributed by atoms with Crippen molar-refractivity contribution in [3.05, 3.63) is 89.0 Å². The molecule has 1 aliphatic rings. The van der Waals surface area contributed by atoms with Crippen LogP contribution in [0.25, 0.3) is 6.08 Å². The van der Waals surface area contributed by atoms with E-state index in [1.165, 1.54) is 25.3 Å². The summed E-state index contributed by atoms with van der Waals surface area (Å²) in [6.07, 6.45) is 1.64. The highest BCUT2D eigenvalue weighted by Crippen LogP contribution is 2.31. The minimum atomic E-state index is -1.11. The van der Waals surface area contributed by atoms with Gasteiger partial charge in [-0.25, -0.2) is 9.59 Å². The number of rotatable bonds is 10. The van der Waals surface area contributed by atoms with E-state index in [1.807, 2.05) is 0 Å². The van der Waals surface area contributed by atoms with Crippen LogP contribution in [0.1, 0.15) is 40.1 Å². The monoisotopic (exact) mass is 557 g/mol. The number of hydrogen-bond donors (Lipinski definition) is 2. The first-order valence-electron chi connectivity index (χ1n) is 12.5. The Bertz CT molecular complexity index is 1580. The first-order valence-corrected chi connectivity index (χ1v) is 12.5. The van der Waals surface area contributed by atoms with Crippen molar-refractivity contribution in [2.45, 2.75) is 13.8 Å². The number of hydrogen-bond acceptors (Lipinski definition) is 8. The molecule has 4 rings (SSSR count). The van der Waals surface area contributed by atoms with Crippen molar-refractivity contribution in [2.24, 2.45) is 5.10 Å². The lowest BCUT2D eigenvalue weighted by Gasteiger charge is -2.14. The summed E-state index contributed by atoms with van der Waals surface area (Å²) in [4.78, 5) is 49.0. The third-order valence-corrected chi connectivity index (χ3v) is 5.94. The number of benzene rings is 3. The second-order valence-corrected chi connectivity index (χ2v) is 8.73. The first-order chi connectivity index (χ1) is 19.7. The van der Waals surface area contributed by atoms with Crippen molar-refractivity contribution < 1.29 is 38.5 Å². The standard InChI is InChI=1S/C30H27N3O8/c1-4-40-26-15-19(14-23-18(2)32-33(28(23)35)21-9-7-8-20(16-21)29(36)37)12-13-25(26)41-17-27(34)31-24-11-6-5-10-22(24)30(38)39-3/h5-16H,4,17H2,1-3H3,(H,31,34)(H,36,37). The Morgan fingerprint density at radius 1 is 1.00 bits per heavy atom. The maximum Gasteiger partial charge on any atom is 0.339 e. The molecule has 0 unspecified atom stereocenters. The molecule has 2 amide bonds. The molecule has 0 aliphatic carbocycles. The fourth-order valence-corrected chi connectivity index (χ4v) is 4.01. The minimum absolute atomic E-state index is 0.0406. The molecule has 1 aliphatic heterocycles. The Labute approximate surface area is 235 Å². The summed E-state index contributed by atoms with van der Waals surface area (Å²) in [5, 5.41) is 17.4. The van der Waals surface area contributed by atoms with Gasteiger partial charge in [0, 0.05) is 0 Å². The predicted octanol–water partition coefficient (Wildman–Crippen LogP) is 4.39. The number of carbonyl (C=O) groups is 4. The van der Waals surface area contributed by atoms with Gasteiger partial charge in [-0.15, -0.1) is 0 Å². The van der Waals surface area contributed by atoms with Crippen LogP contribution in [0, 0.1) is 0 Å². The molecule has 0 fully saturated rings. The van der Waals surface area contributed by atoms with Crippen LogP contribution in [-0.4, -0.2) is 54.9 Å². The largest absolute Gasteiger partial charge is 0.490 e. The lowest BCUT2D eigenvalue weighted by Crippen LogP contribution is -2.22. The summed E-state index contributed by atoms with van der Waals surface area (Å²) >= 11 is 0. The van der Waals surface area contributed by atoms with Crippen molar-refractivity contribution in [3.8, 4) is 11.5 Å². The molecule has 1 heterocycles. The maximum atomic E-state index is 13.2. The molecule has 0 atom stereocenters. The molecule has 0 radical (unpaired) electrons. The van der Waals surface area contributed by atoms with Crippen LogP contribution in [-0.2, 0) is 14.3 Å². The summed E-state index contributed by atoms with van der Waals surface area (Å²) in [5.74, 6) is -1.93. The van der Waals surface area contributed by atoms with Gasteiger partial charge in [-0.05, 0) is 68.0 Å². The molecule has 3 aromatic carbocycles. The van der Waals surface area contributed by atoms with Crippen molar-refractivity contribution in [1.29, 1.82) is 0 Å². The van der Waals surface area contributed by atoms with Crippen molar-refractivity contribution >= 4 is 46.9 Å². The molecule has 41 heavy (non-hydrogen) atoms. The Kier molecular flexibility index (Phi) is 8.78. The Morgan fingerprint density at radius 3 is 2.51 bits per heavy atom. The summed E-state index contributed by atoms with van der Waals surface area (Å²) in [6.45, 7) is 3.45. The van der Waals surface area contributed by atoms with E-state index in [-0.39, 0.29) is 17.7 Å². The van der Waals surface area contributed by atoms with E-state index in [1.54, 1.807) is 68.5 Å². The molecule has 3 aromatic rings. The van der Waals surface area contributed by atoms with E-state index < -0.39 is 23.8 Å². The average Bonchev–Trinajstić information content (AvgIpc) is 3.25. The number of nitrogens with one attached hydrogen (secondary N) is 1. The molecular formula is C30H27N3O8. The van der Waals surface area contributed by atoms with Crippen LogP contribution in [0.4, 0.5) is 11.4 Å². The highest BCUT2D eigenvalue weighted by Gasteiger charge is 2.29. The number of para-hydroxylation sites is 1. The summed E-state index contributed by atoms with van der Waals surface area (Å²) in [5.41, 5.74) is 2.29. The van der Waals surface area contributed by atoms with Gasteiger partial charge in [-0.1, -0.05) is 24.3 Å². The van der Waals surface area contributed by atoms with Gasteiger partial charge in [0.05, 0.1) is 47.5 Å². The topological polar surface area (TPSA) is 144 Å². The first kappa shape index (κ1) is 28.6. The third-order valence-electron chi connectivity index (χ3n) is 5.94. The summed E-state index contributed by atoms with van der Waals surface area (Å²) in [7, 11) is 1.26. The zero-order valence-corrected chi connectivity index (χ0v) is 22.5. The number of nitrogens with zero attached hydrogens (tertiary/aromatic N) is 2. The second kappa shape index (κ2) is 12.6. The Balaban J connectivity index is 1.49. The molecule has 0 spiro atoms.